The maximum atomic E-state index is 3.02. The zero-order chi connectivity index (χ0) is 8.10. The molecule has 0 amide bonds. The van der Waals surface area contributed by atoms with Gasteiger partial charge in [-0.1, -0.05) is 18.2 Å². The van der Waals surface area contributed by atoms with E-state index < -0.39 is 0 Å². The molecule has 11 heavy (non-hydrogen) atoms. The van der Waals surface area contributed by atoms with Gasteiger partial charge in [0.05, 0.1) is 0 Å². The van der Waals surface area contributed by atoms with Crippen molar-refractivity contribution >= 4 is 0 Å². The monoisotopic (exact) mass is 144 g/mol. The lowest BCUT2D eigenvalue weighted by Gasteiger charge is -1.97. The van der Waals surface area contributed by atoms with Gasteiger partial charge in [0, 0.05) is 0 Å². The predicted octanol–water partition coefficient (Wildman–Crippen LogP) is 3.16. The van der Waals surface area contributed by atoms with Gasteiger partial charge in [0.25, 0.3) is 0 Å². The maximum absolute atomic E-state index is 3.02. The van der Waals surface area contributed by atoms with Gasteiger partial charge in [-0.15, -0.1) is 5.73 Å². The molecule has 0 aromatic heterocycles. The molecule has 1 aliphatic carbocycles. The largest absolute Gasteiger partial charge is 0.121 e. The minimum atomic E-state index is 1.26. The quantitative estimate of drug-likeness (QED) is 0.496. The van der Waals surface area contributed by atoms with Crippen molar-refractivity contribution in [1.29, 1.82) is 0 Å². The fraction of sp³-hybridized carbons (Fsp3) is 0.182. The van der Waals surface area contributed by atoms with Crippen molar-refractivity contribution in [3.8, 4) is 0 Å². The molecule has 0 unspecified atom stereocenters. The fourth-order valence-electron chi connectivity index (χ4n) is 0.886. The minimum absolute atomic E-state index is 1.26. The van der Waals surface area contributed by atoms with Crippen LogP contribution >= 0.6 is 0 Å². The summed E-state index contributed by atoms with van der Waals surface area (Å²) in [5, 5.41) is 0. The van der Waals surface area contributed by atoms with Crippen LogP contribution < -0.4 is 0 Å². The first kappa shape index (κ1) is 7.84. The van der Waals surface area contributed by atoms with Gasteiger partial charge in [0.15, 0.2) is 0 Å². The van der Waals surface area contributed by atoms with Crippen molar-refractivity contribution in [1.82, 2.24) is 0 Å². The molecule has 0 atom stereocenters. The van der Waals surface area contributed by atoms with Gasteiger partial charge in [-0.25, -0.2) is 0 Å². The first-order valence-electron chi connectivity index (χ1n) is 3.77. The van der Waals surface area contributed by atoms with E-state index >= 15 is 0 Å². The molecule has 0 radical (unpaired) electrons. The average Bonchev–Trinajstić information content (AvgIpc) is 2.30. The summed E-state index contributed by atoms with van der Waals surface area (Å²) >= 11 is 0. The smallest absolute Gasteiger partial charge is 0.0194 e. The van der Waals surface area contributed by atoms with E-state index in [1.54, 1.807) is 0 Å². The highest BCUT2D eigenvalue weighted by molar-refractivity contribution is 5.42. The summed E-state index contributed by atoms with van der Waals surface area (Å²) in [6, 6.07) is 0. The molecule has 0 aromatic carbocycles. The van der Waals surface area contributed by atoms with Gasteiger partial charge < -0.3 is 0 Å². The summed E-state index contributed by atoms with van der Waals surface area (Å²) in [6.45, 7) is 4.15. The number of hydrogen-bond acceptors (Lipinski definition) is 0. The van der Waals surface area contributed by atoms with Crippen LogP contribution in [0.15, 0.2) is 53.3 Å². The Balaban J connectivity index is 2.92. The van der Waals surface area contributed by atoms with Crippen LogP contribution in [-0.2, 0) is 0 Å². The molecular formula is C11H12. The Bertz CT molecular complexity index is 279. The molecule has 0 heteroatoms. The summed E-state index contributed by atoms with van der Waals surface area (Å²) in [4.78, 5) is 0. The third kappa shape index (κ3) is 2.10. The summed E-state index contributed by atoms with van der Waals surface area (Å²) in [6.07, 6.45) is 12.1. The van der Waals surface area contributed by atoms with Gasteiger partial charge in [-0.2, -0.15) is 0 Å². The molecule has 0 saturated carbocycles. The van der Waals surface area contributed by atoms with Crippen LogP contribution in [0.3, 0.4) is 0 Å². The first-order valence-corrected chi connectivity index (χ1v) is 3.77. The number of allylic oxidation sites excluding steroid dienone is 7. The normalized spacial score (nSPS) is 16.5. The van der Waals surface area contributed by atoms with E-state index in [9.17, 15) is 0 Å². The lowest BCUT2D eigenvalue weighted by Crippen LogP contribution is -1.78. The van der Waals surface area contributed by atoms with Crippen LogP contribution in [0.1, 0.15) is 13.8 Å². The second-order valence-electron chi connectivity index (χ2n) is 2.45. The Morgan fingerprint density at radius 2 is 2.27 bits per heavy atom. The topological polar surface area (TPSA) is 0 Å². The molecule has 0 saturated heterocycles. The third-order valence-corrected chi connectivity index (χ3v) is 1.72. The summed E-state index contributed by atoms with van der Waals surface area (Å²) in [7, 11) is 0. The SMILES string of the molecule is CC=C(C)C1=CC=C=CC=C1. The zero-order valence-corrected chi connectivity index (χ0v) is 6.96. The highest BCUT2D eigenvalue weighted by Gasteiger charge is 1.92. The second-order valence-corrected chi connectivity index (χ2v) is 2.45. The number of hydrogen-bond donors (Lipinski definition) is 0. The highest BCUT2D eigenvalue weighted by Crippen LogP contribution is 2.11. The molecule has 1 rings (SSSR count). The Morgan fingerprint density at radius 3 is 3.00 bits per heavy atom. The van der Waals surface area contributed by atoms with E-state index in [0.717, 1.165) is 0 Å². The van der Waals surface area contributed by atoms with Crippen molar-refractivity contribution in [2.45, 2.75) is 13.8 Å². The minimum Gasteiger partial charge on any atom is -0.121 e. The molecule has 0 heterocycles. The molecule has 0 bridgehead atoms. The predicted molar refractivity (Wildman–Crippen MR) is 49.3 cm³/mol. The van der Waals surface area contributed by atoms with Crippen LogP contribution in [0.5, 0.6) is 0 Å². The summed E-state index contributed by atoms with van der Waals surface area (Å²) < 4.78 is 0. The van der Waals surface area contributed by atoms with E-state index in [1.165, 1.54) is 11.1 Å². The van der Waals surface area contributed by atoms with E-state index in [1.807, 2.05) is 25.2 Å². The second kappa shape index (κ2) is 3.80. The molecule has 0 nitrogen and oxygen atoms in total. The van der Waals surface area contributed by atoms with Crippen LogP contribution in [0.4, 0.5) is 0 Å². The van der Waals surface area contributed by atoms with Crippen molar-refractivity contribution in [2.75, 3.05) is 0 Å². The highest BCUT2D eigenvalue weighted by atomic mass is 14.0. The molecule has 1 aliphatic rings. The van der Waals surface area contributed by atoms with E-state index in [2.05, 4.69) is 30.9 Å². The molecule has 56 valence electrons. The Morgan fingerprint density at radius 1 is 1.45 bits per heavy atom. The molecule has 0 spiro atoms. The summed E-state index contributed by atoms with van der Waals surface area (Å²) in [5.74, 6) is 0. The molecule has 0 aromatic rings. The molecule has 0 fully saturated rings. The van der Waals surface area contributed by atoms with Gasteiger partial charge in [0.1, 0.15) is 0 Å². The van der Waals surface area contributed by atoms with Crippen LogP contribution in [0.2, 0.25) is 0 Å². The van der Waals surface area contributed by atoms with Crippen LogP contribution in [0, 0.1) is 0 Å². The van der Waals surface area contributed by atoms with E-state index in [-0.39, 0.29) is 0 Å². The number of rotatable bonds is 1. The van der Waals surface area contributed by atoms with Gasteiger partial charge >= 0.3 is 0 Å². The Kier molecular flexibility index (Phi) is 2.71. The molecule has 0 aliphatic heterocycles. The Labute approximate surface area is 67.9 Å². The summed E-state index contributed by atoms with van der Waals surface area (Å²) in [5.41, 5.74) is 5.57. The van der Waals surface area contributed by atoms with Crippen molar-refractivity contribution in [3.63, 3.8) is 0 Å². The molecular weight excluding hydrogens is 132 g/mol. The van der Waals surface area contributed by atoms with E-state index in [0.29, 0.717) is 0 Å². The van der Waals surface area contributed by atoms with Gasteiger partial charge in [-0.3, -0.25) is 0 Å². The average molecular weight is 144 g/mol. The van der Waals surface area contributed by atoms with Gasteiger partial charge in [0.2, 0.25) is 0 Å². The van der Waals surface area contributed by atoms with Gasteiger partial charge in [-0.05, 0) is 43.2 Å². The Hall–Kier alpha value is -1.26. The van der Waals surface area contributed by atoms with Crippen molar-refractivity contribution in [3.05, 3.63) is 53.3 Å². The van der Waals surface area contributed by atoms with Crippen LogP contribution in [-0.4, -0.2) is 0 Å². The zero-order valence-electron chi connectivity index (χ0n) is 6.96. The third-order valence-electron chi connectivity index (χ3n) is 1.72. The lowest BCUT2D eigenvalue weighted by atomic mass is 10.1. The van der Waals surface area contributed by atoms with Crippen molar-refractivity contribution in [2.24, 2.45) is 0 Å². The van der Waals surface area contributed by atoms with Crippen molar-refractivity contribution < 1.29 is 0 Å². The van der Waals surface area contributed by atoms with Crippen LogP contribution in [0.25, 0.3) is 0 Å². The first-order chi connectivity index (χ1) is 5.34. The maximum Gasteiger partial charge on any atom is -0.0194 e. The molecule has 0 N–H and O–H groups in total. The van der Waals surface area contributed by atoms with E-state index in [4.69, 9.17) is 0 Å². The fourth-order valence-corrected chi connectivity index (χ4v) is 0.886. The lowest BCUT2D eigenvalue weighted by molar-refractivity contribution is 1.40. The standard InChI is InChI=1S/C11H12/c1-3-10(2)11-8-6-4-5-7-9-11/h3-4,6-9H,1-2H3.